The summed E-state index contributed by atoms with van der Waals surface area (Å²) in [6.45, 7) is 0.296. The maximum atomic E-state index is 9.29. The van der Waals surface area contributed by atoms with Crippen molar-refractivity contribution in [2.24, 2.45) is 4.99 Å². The van der Waals surface area contributed by atoms with E-state index in [-0.39, 0.29) is 5.75 Å². The van der Waals surface area contributed by atoms with Crippen molar-refractivity contribution in [3.63, 3.8) is 0 Å². The minimum Gasteiger partial charge on any atom is -0.506 e. The minimum atomic E-state index is 0.210. The van der Waals surface area contributed by atoms with Gasteiger partial charge in [0.05, 0.1) is 6.26 Å². The predicted molar refractivity (Wildman–Crippen MR) is 39.3 cm³/mol. The number of phenols is 1. The van der Waals surface area contributed by atoms with Gasteiger partial charge in [0.15, 0.2) is 6.73 Å². The van der Waals surface area contributed by atoms with Gasteiger partial charge in [-0.3, -0.25) is 0 Å². The number of fused-ring (bicyclic) bond motifs is 1. The highest BCUT2D eigenvalue weighted by Crippen LogP contribution is 1.95. The number of hydrogen-bond donors (Lipinski definition) is 1. The van der Waals surface area contributed by atoms with Crippen LogP contribution in [0, 0.1) is 0 Å². The third-order valence-corrected chi connectivity index (χ3v) is 1.55. The van der Waals surface area contributed by atoms with Crippen LogP contribution in [-0.4, -0.2) is 11.8 Å². The number of phenolic OH excluding ortho intramolecular Hbond substituents is 1. The lowest BCUT2D eigenvalue weighted by molar-refractivity contribution is 0.294. The highest BCUT2D eigenvalue weighted by Gasteiger charge is 1.97. The van der Waals surface area contributed by atoms with Gasteiger partial charge in [-0.1, -0.05) is 6.07 Å². The largest absolute Gasteiger partial charge is 0.506 e. The fourth-order valence-electron chi connectivity index (χ4n) is 1.04. The Kier molecular flexibility index (Phi) is 1.28. The van der Waals surface area contributed by atoms with E-state index < -0.39 is 0 Å². The van der Waals surface area contributed by atoms with Crippen LogP contribution in [0.4, 0.5) is 0 Å². The van der Waals surface area contributed by atoms with Crippen LogP contribution in [0.25, 0.3) is 6.26 Å². The summed E-state index contributed by atoms with van der Waals surface area (Å²) >= 11 is 0. The molecule has 0 atom stereocenters. The first-order valence-electron chi connectivity index (χ1n) is 3.32. The van der Waals surface area contributed by atoms with E-state index in [0.29, 0.717) is 12.1 Å². The molecule has 0 saturated carbocycles. The van der Waals surface area contributed by atoms with Crippen molar-refractivity contribution in [2.45, 2.75) is 0 Å². The number of hydrogen-bond acceptors (Lipinski definition) is 3. The van der Waals surface area contributed by atoms with Gasteiger partial charge in [0.25, 0.3) is 0 Å². The molecule has 0 aromatic heterocycles. The van der Waals surface area contributed by atoms with E-state index in [4.69, 9.17) is 4.74 Å². The first-order valence-corrected chi connectivity index (χ1v) is 3.32. The molecule has 56 valence electrons. The predicted octanol–water partition coefficient (Wildman–Crippen LogP) is -0.262. The lowest BCUT2D eigenvalue weighted by Crippen LogP contribution is -2.28. The molecule has 3 nitrogen and oxygen atoms in total. The topological polar surface area (TPSA) is 41.8 Å². The molecule has 1 N–H and O–H groups in total. The van der Waals surface area contributed by atoms with Crippen LogP contribution in [0.2, 0.25) is 0 Å². The molecule has 1 aromatic rings. The summed E-state index contributed by atoms with van der Waals surface area (Å²) in [5.41, 5.74) is 0. The molecule has 1 aliphatic heterocycles. The van der Waals surface area contributed by atoms with Gasteiger partial charge in [0.1, 0.15) is 11.1 Å². The van der Waals surface area contributed by atoms with E-state index in [1.54, 1.807) is 18.4 Å². The van der Waals surface area contributed by atoms with Gasteiger partial charge in [0, 0.05) is 5.22 Å². The molecule has 0 amide bonds. The molecular weight excluding hydrogens is 142 g/mol. The lowest BCUT2D eigenvalue weighted by atomic mass is 10.3. The number of nitrogens with zero attached hydrogens (tertiary/aromatic N) is 1. The van der Waals surface area contributed by atoms with Crippen molar-refractivity contribution in [3.05, 3.63) is 28.8 Å². The standard InChI is InChI=1S/C8H7NO2/c10-7-3-1-2-6-4-11-5-9-8(6)7/h1-4,10H,5H2. The van der Waals surface area contributed by atoms with Crippen molar-refractivity contribution in [1.29, 1.82) is 0 Å². The third-order valence-electron chi connectivity index (χ3n) is 1.55. The maximum absolute atomic E-state index is 9.29. The summed E-state index contributed by atoms with van der Waals surface area (Å²) in [5.74, 6) is 0.210. The summed E-state index contributed by atoms with van der Waals surface area (Å²) in [5, 5.41) is 10.7. The third kappa shape index (κ3) is 0.941. The molecule has 0 saturated heterocycles. The first-order chi connectivity index (χ1) is 5.38. The van der Waals surface area contributed by atoms with Gasteiger partial charge in [-0.15, -0.1) is 0 Å². The van der Waals surface area contributed by atoms with Crippen molar-refractivity contribution in [3.8, 4) is 5.75 Å². The SMILES string of the molecule is Oc1cccc2c1=NCOC=2. The average Bonchev–Trinajstić information content (AvgIpc) is 2.06. The fourth-order valence-corrected chi connectivity index (χ4v) is 1.04. The highest BCUT2D eigenvalue weighted by molar-refractivity contribution is 5.26. The number of rotatable bonds is 0. The number of para-hydroxylation sites is 1. The Hall–Kier alpha value is -1.51. The summed E-state index contributed by atoms with van der Waals surface area (Å²) in [7, 11) is 0. The van der Waals surface area contributed by atoms with Crippen molar-refractivity contribution >= 4 is 6.26 Å². The van der Waals surface area contributed by atoms with Crippen LogP contribution >= 0.6 is 0 Å². The van der Waals surface area contributed by atoms with Gasteiger partial charge in [-0.25, -0.2) is 4.99 Å². The van der Waals surface area contributed by atoms with E-state index in [0.717, 1.165) is 5.22 Å². The first kappa shape index (κ1) is 6.22. The quantitative estimate of drug-likeness (QED) is 0.552. The van der Waals surface area contributed by atoms with Crippen LogP contribution in [0.3, 0.4) is 0 Å². The van der Waals surface area contributed by atoms with Crippen molar-refractivity contribution in [2.75, 3.05) is 6.73 Å². The Morgan fingerprint density at radius 3 is 3.18 bits per heavy atom. The Morgan fingerprint density at radius 2 is 2.36 bits per heavy atom. The highest BCUT2D eigenvalue weighted by atomic mass is 16.5. The van der Waals surface area contributed by atoms with E-state index in [1.807, 2.05) is 6.07 Å². The smallest absolute Gasteiger partial charge is 0.179 e. The zero-order valence-corrected chi connectivity index (χ0v) is 5.82. The molecule has 3 heteroatoms. The van der Waals surface area contributed by atoms with Gasteiger partial charge in [0.2, 0.25) is 0 Å². The van der Waals surface area contributed by atoms with Crippen LogP contribution in [-0.2, 0) is 4.74 Å². The van der Waals surface area contributed by atoms with Gasteiger partial charge >= 0.3 is 0 Å². The second kappa shape index (κ2) is 2.27. The zero-order chi connectivity index (χ0) is 7.68. The Morgan fingerprint density at radius 1 is 1.45 bits per heavy atom. The molecule has 1 heterocycles. The van der Waals surface area contributed by atoms with Gasteiger partial charge in [-0.05, 0) is 12.1 Å². The number of benzene rings is 1. The van der Waals surface area contributed by atoms with E-state index in [2.05, 4.69) is 4.99 Å². The second-order valence-corrected chi connectivity index (χ2v) is 2.29. The molecule has 0 radical (unpaired) electrons. The van der Waals surface area contributed by atoms with Crippen molar-refractivity contribution in [1.82, 2.24) is 0 Å². The average molecular weight is 149 g/mol. The van der Waals surface area contributed by atoms with Crippen LogP contribution in [0.5, 0.6) is 5.75 Å². The Labute approximate surface area is 63.3 Å². The Bertz CT molecular complexity index is 384. The minimum absolute atomic E-state index is 0.210. The van der Waals surface area contributed by atoms with Gasteiger partial charge in [-0.2, -0.15) is 0 Å². The van der Waals surface area contributed by atoms with Crippen LogP contribution < -0.4 is 10.6 Å². The number of ether oxygens (including phenoxy) is 1. The molecular formula is C8H7NO2. The second-order valence-electron chi connectivity index (χ2n) is 2.29. The molecule has 2 rings (SSSR count). The lowest BCUT2D eigenvalue weighted by Gasteiger charge is -2.02. The number of aromatic hydroxyl groups is 1. The van der Waals surface area contributed by atoms with E-state index >= 15 is 0 Å². The molecule has 11 heavy (non-hydrogen) atoms. The molecule has 0 spiro atoms. The summed E-state index contributed by atoms with van der Waals surface area (Å²) in [4.78, 5) is 3.99. The zero-order valence-electron chi connectivity index (χ0n) is 5.82. The van der Waals surface area contributed by atoms with Crippen molar-refractivity contribution < 1.29 is 9.84 Å². The normalized spacial score (nSPS) is 13.8. The fraction of sp³-hybridized carbons (Fsp3) is 0.125. The van der Waals surface area contributed by atoms with Crippen LogP contribution in [0.1, 0.15) is 0 Å². The molecule has 0 aliphatic carbocycles. The molecule has 0 unspecified atom stereocenters. The summed E-state index contributed by atoms with van der Waals surface area (Å²) < 4.78 is 4.95. The van der Waals surface area contributed by atoms with Crippen LogP contribution in [0.15, 0.2) is 23.2 Å². The Balaban J connectivity index is 2.88. The molecule has 1 aliphatic rings. The van der Waals surface area contributed by atoms with E-state index in [9.17, 15) is 5.11 Å². The maximum Gasteiger partial charge on any atom is 0.179 e. The summed E-state index contributed by atoms with van der Waals surface area (Å²) in [6.07, 6.45) is 1.60. The van der Waals surface area contributed by atoms with E-state index in [1.165, 1.54) is 0 Å². The molecule has 0 fully saturated rings. The van der Waals surface area contributed by atoms with Gasteiger partial charge < -0.3 is 9.84 Å². The molecule has 0 bridgehead atoms. The summed E-state index contributed by atoms with van der Waals surface area (Å²) in [6, 6.07) is 5.22. The molecule has 1 aromatic carbocycles. The monoisotopic (exact) mass is 149 g/mol.